The van der Waals surface area contributed by atoms with Crippen molar-refractivity contribution < 1.29 is 4.79 Å². The van der Waals surface area contributed by atoms with Gasteiger partial charge in [-0.3, -0.25) is 4.79 Å². The van der Waals surface area contributed by atoms with E-state index in [9.17, 15) is 10.1 Å². The summed E-state index contributed by atoms with van der Waals surface area (Å²) in [6, 6.07) is 19.9. The number of rotatable bonds is 4. The summed E-state index contributed by atoms with van der Waals surface area (Å²) in [5.41, 5.74) is 11.3. The molecule has 0 atom stereocenters. The zero-order valence-corrected chi connectivity index (χ0v) is 19.8. The van der Waals surface area contributed by atoms with Crippen molar-refractivity contribution in [3.63, 3.8) is 0 Å². The molecule has 4 aromatic rings. The molecule has 0 saturated carbocycles. The number of nitriles is 1. The average Bonchev–Trinajstić information content (AvgIpc) is 3.22. The first-order valence-electron chi connectivity index (χ1n) is 11.4. The number of aryl methyl sites for hydroxylation is 1. The first kappa shape index (κ1) is 21.9. The number of piperidine rings is 1. The highest BCUT2D eigenvalue weighted by molar-refractivity contribution is 7.24. The number of hydrogen-bond donors (Lipinski definition) is 2. The number of benzene rings is 2. The lowest BCUT2D eigenvalue weighted by Crippen LogP contribution is -2.35. The monoisotopic (exact) mass is 467 g/mol. The maximum absolute atomic E-state index is 13.8. The number of nitrogens with zero attached hydrogens (tertiary/aromatic N) is 3. The van der Waals surface area contributed by atoms with Crippen LogP contribution in [0.15, 0.2) is 54.6 Å². The molecule has 5 rings (SSSR count). The number of para-hydroxylation sites is 1. The topological polar surface area (TPSA) is 95.0 Å². The highest BCUT2D eigenvalue weighted by Gasteiger charge is 2.29. The maximum Gasteiger partial charge on any atom is 0.259 e. The van der Waals surface area contributed by atoms with E-state index in [1.807, 2.05) is 66.4 Å². The van der Waals surface area contributed by atoms with Gasteiger partial charge in [0.15, 0.2) is 0 Å². The summed E-state index contributed by atoms with van der Waals surface area (Å²) < 4.78 is 0.786. The smallest absolute Gasteiger partial charge is 0.259 e. The molecule has 34 heavy (non-hydrogen) atoms. The van der Waals surface area contributed by atoms with Gasteiger partial charge in [0.2, 0.25) is 0 Å². The summed E-state index contributed by atoms with van der Waals surface area (Å²) in [6.07, 6.45) is 3.13. The number of pyridine rings is 1. The van der Waals surface area contributed by atoms with E-state index in [2.05, 4.69) is 16.4 Å². The zero-order chi connectivity index (χ0) is 23.7. The Morgan fingerprint density at radius 3 is 2.50 bits per heavy atom. The predicted molar refractivity (Wildman–Crippen MR) is 138 cm³/mol. The Balaban J connectivity index is 1.78. The van der Waals surface area contributed by atoms with Crippen molar-refractivity contribution in [3.05, 3.63) is 71.3 Å². The van der Waals surface area contributed by atoms with Gasteiger partial charge in [-0.2, -0.15) is 5.26 Å². The Morgan fingerprint density at radius 1 is 1.09 bits per heavy atom. The standard InChI is InChI=1S/C27H25N5OS/c1-17-10-6-7-13-20(17)30-26-22(27(33)32-14-8-3-9-15-32)23-24(34-26)21(18-11-4-2-5-12-18)19(16-28)25(29)31-23/h2,4-7,10-13,30H,3,8-9,14-15H2,1H3,(H2,29,31). The van der Waals surface area contributed by atoms with Gasteiger partial charge in [-0.05, 0) is 43.4 Å². The van der Waals surface area contributed by atoms with Crippen molar-refractivity contribution in [2.45, 2.75) is 26.2 Å². The number of anilines is 3. The van der Waals surface area contributed by atoms with Gasteiger partial charge in [-0.15, -0.1) is 11.3 Å². The van der Waals surface area contributed by atoms with E-state index in [0.29, 0.717) is 16.6 Å². The van der Waals surface area contributed by atoms with Crippen molar-refractivity contribution in [1.29, 1.82) is 5.26 Å². The van der Waals surface area contributed by atoms with Crippen LogP contribution in [0.4, 0.5) is 16.5 Å². The largest absolute Gasteiger partial charge is 0.383 e. The fourth-order valence-corrected chi connectivity index (χ4v) is 5.70. The molecule has 0 unspecified atom stereocenters. The van der Waals surface area contributed by atoms with Gasteiger partial charge >= 0.3 is 0 Å². The number of nitrogens with two attached hydrogens (primary N) is 1. The highest BCUT2D eigenvalue weighted by atomic mass is 32.1. The quantitative estimate of drug-likeness (QED) is 0.378. The van der Waals surface area contributed by atoms with Crippen LogP contribution in [0, 0.1) is 18.3 Å². The maximum atomic E-state index is 13.8. The van der Waals surface area contributed by atoms with E-state index in [1.54, 1.807) is 0 Å². The van der Waals surface area contributed by atoms with E-state index < -0.39 is 0 Å². The summed E-state index contributed by atoms with van der Waals surface area (Å²) in [5, 5.41) is 14.1. The minimum atomic E-state index is -0.0438. The summed E-state index contributed by atoms with van der Waals surface area (Å²) in [4.78, 5) is 20.4. The number of fused-ring (bicyclic) bond motifs is 1. The van der Waals surface area contributed by atoms with E-state index in [-0.39, 0.29) is 11.7 Å². The van der Waals surface area contributed by atoms with Crippen molar-refractivity contribution in [2.24, 2.45) is 0 Å². The summed E-state index contributed by atoms with van der Waals surface area (Å²) in [7, 11) is 0. The summed E-state index contributed by atoms with van der Waals surface area (Å²) in [5.74, 6) is 0.0967. The average molecular weight is 468 g/mol. The Hall–Kier alpha value is -3.89. The van der Waals surface area contributed by atoms with E-state index >= 15 is 0 Å². The lowest BCUT2D eigenvalue weighted by molar-refractivity contribution is 0.0727. The molecule has 7 heteroatoms. The van der Waals surface area contributed by atoms with Crippen LogP contribution in [0.5, 0.6) is 0 Å². The second-order valence-electron chi connectivity index (χ2n) is 8.50. The molecule has 2 aromatic carbocycles. The SMILES string of the molecule is Cc1ccccc1Nc1sc2c(-c3ccccc3)c(C#N)c(N)nc2c1C(=O)N1CCCCC1. The van der Waals surface area contributed by atoms with Gasteiger partial charge in [0.1, 0.15) is 28.0 Å². The van der Waals surface area contributed by atoms with Gasteiger partial charge in [0, 0.05) is 24.3 Å². The van der Waals surface area contributed by atoms with Crippen molar-refractivity contribution in [3.8, 4) is 17.2 Å². The van der Waals surface area contributed by atoms with Crippen LogP contribution in [-0.2, 0) is 0 Å². The molecule has 0 spiro atoms. The number of thiophene rings is 1. The second-order valence-corrected chi connectivity index (χ2v) is 9.52. The Labute approximate surface area is 202 Å². The molecular formula is C27H25N5OS. The van der Waals surface area contributed by atoms with Crippen molar-refractivity contribution >= 4 is 44.0 Å². The molecule has 1 aliphatic rings. The van der Waals surface area contributed by atoms with Gasteiger partial charge in [0.05, 0.1) is 10.2 Å². The van der Waals surface area contributed by atoms with Gasteiger partial charge in [-0.1, -0.05) is 48.5 Å². The molecule has 2 aromatic heterocycles. The molecule has 0 radical (unpaired) electrons. The predicted octanol–water partition coefficient (Wildman–Crippen LogP) is 6.10. The van der Waals surface area contributed by atoms with Crippen LogP contribution < -0.4 is 11.1 Å². The molecule has 6 nitrogen and oxygen atoms in total. The van der Waals surface area contributed by atoms with E-state index in [4.69, 9.17) is 5.73 Å². The number of aromatic nitrogens is 1. The number of carbonyl (C=O) groups excluding carboxylic acids is 1. The molecule has 1 fully saturated rings. The fraction of sp³-hybridized carbons (Fsp3) is 0.222. The summed E-state index contributed by atoms with van der Waals surface area (Å²) in [6.45, 7) is 3.50. The Morgan fingerprint density at radius 2 is 1.79 bits per heavy atom. The zero-order valence-electron chi connectivity index (χ0n) is 19.0. The third-order valence-corrected chi connectivity index (χ3v) is 7.39. The highest BCUT2D eigenvalue weighted by Crippen LogP contribution is 2.45. The Bertz CT molecular complexity index is 1410. The molecule has 0 aliphatic carbocycles. The van der Waals surface area contributed by atoms with Crippen LogP contribution >= 0.6 is 11.3 Å². The molecular weight excluding hydrogens is 442 g/mol. The van der Waals surface area contributed by atoms with Crippen LogP contribution in [-0.4, -0.2) is 28.9 Å². The summed E-state index contributed by atoms with van der Waals surface area (Å²) >= 11 is 1.45. The molecule has 1 amide bonds. The van der Waals surface area contributed by atoms with Gasteiger partial charge in [-0.25, -0.2) is 4.98 Å². The van der Waals surface area contributed by atoms with Crippen LogP contribution in [0.3, 0.4) is 0 Å². The van der Waals surface area contributed by atoms with Crippen molar-refractivity contribution in [1.82, 2.24) is 9.88 Å². The van der Waals surface area contributed by atoms with Crippen molar-refractivity contribution in [2.75, 3.05) is 24.1 Å². The Kier molecular flexibility index (Phi) is 5.91. The van der Waals surface area contributed by atoms with Gasteiger partial charge in [0.25, 0.3) is 5.91 Å². The molecule has 1 saturated heterocycles. The number of nitrogen functional groups attached to an aromatic ring is 1. The third-order valence-electron chi connectivity index (χ3n) is 6.27. The third kappa shape index (κ3) is 3.87. The fourth-order valence-electron chi connectivity index (χ4n) is 4.49. The first-order chi connectivity index (χ1) is 16.6. The molecule has 3 N–H and O–H groups in total. The van der Waals surface area contributed by atoms with Crippen LogP contribution in [0.2, 0.25) is 0 Å². The lowest BCUT2D eigenvalue weighted by atomic mass is 9.99. The van der Waals surface area contributed by atoms with E-state index in [1.165, 1.54) is 11.3 Å². The number of nitrogens with one attached hydrogen (secondary N) is 1. The normalized spacial score (nSPS) is 13.6. The minimum absolute atomic E-state index is 0.0438. The molecule has 1 aliphatic heterocycles. The number of amides is 1. The first-order valence-corrected chi connectivity index (χ1v) is 12.2. The lowest BCUT2D eigenvalue weighted by Gasteiger charge is -2.27. The van der Waals surface area contributed by atoms with E-state index in [0.717, 1.165) is 64.4 Å². The van der Waals surface area contributed by atoms with Crippen LogP contribution in [0.1, 0.15) is 40.7 Å². The molecule has 3 heterocycles. The minimum Gasteiger partial charge on any atom is -0.383 e. The number of hydrogen-bond acceptors (Lipinski definition) is 6. The van der Waals surface area contributed by atoms with Crippen LogP contribution in [0.25, 0.3) is 21.3 Å². The molecule has 0 bridgehead atoms. The molecule has 170 valence electrons. The van der Waals surface area contributed by atoms with Gasteiger partial charge < -0.3 is 16.0 Å². The number of carbonyl (C=O) groups is 1. The number of likely N-dealkylation sites (tertiary alicyclic amines) is 1. The second kappa shape index (κ2) is 9.16.